The quantitative estimate of drug-likeness (QED) is 0.612. The zero-order valence-electron chi connectivity index (χ0n) is 7.70. The van der Waals surface area contributed by atoms with Gasteiger partial charge in [-0.3, -0.25) is 0 Å². The number of hydrogen-bond acceptors (Lipinski definition) is 4. The lowest BCUT2D eigenvalue weighted by molar-refractivity contribution is 0.0524. The maximum absolute atomic E-state index is 10.9. The van der Waals surface area contributed by atoms with Crippen LogP contribution in [-0.2, 0) is 11.7 Å². The van der Waals surface area contributed by atoms with Gasteiger partial charge in [-0.05, 0) is 12.1 Å². The molecule has 0 aliphatic carbocycles. The van der Waals surface area contributed by atoms with Crippen molar-refractivity contribution >= 4 is 27.3 Å². The van der Waals surface area contributed by atoms with Crippen LogP contribution in [0.4, 0.5) is 11.4 Å². The molecule has 81 valence electrons. The average molecular weight is 274 g/mol. The Kier molecular flexibility index (Phi) is 2.83. The Morgan fingerprint density at radius 1 is 1.27 bits per heavy atom. The second-order valence-corrected chi connectivity index (χ2v) is 4.23. The number of rotatable bonds is 1. The van der Waals surface area contributed by atoms with E-state index in [1.165, 1.54) is 0 Å². The summed E-state index contributed by atoms with van der Waals surface area (Å²) < 4.78 is 0.755. The molecular formula is C9H10BrN2O3. The smallest absolute Gasteiger partial charge is 0.169 e. The Morgan fingerprint density at radius 2 is 1.93 bits per heavy atom. The molecule has 0 aromatic heterocycles. The van der Waals surface area contributed by atoms with Gasteiger partial charge in [0.25, 0.3) is 0 Å². The molecule has 2 rings (SSSR count). The van der Waals surface area contributed by atoms with Gasteiger partial charge in [0.2, 0.25) is 0 Å². The van der Waals surface area contributed by atoms with Crippen molar-refractivity contribution in [2.75, 3.05) is 10.6 Å². The molecule has 1 aliphatic heterocycles. The van der Waals surface area contributed by atoms with Gasteiger partial charge in [0.05, 0.1) is 11.4 Å². The number of aliphatic hydroxyl groups excluding tert-OH is 2. The first kappa shape index (κ1) is 10.7. The van der Waals surface area contributed by atoms with Gasteiger partial charge in [0, 0.05) is 10.0 Å². The van der Waals surface area contributed by atoms with Crippen molar-refractivity contribution in [3.8, 4) is 0 Å². The van der Waals surface area contributed by atoms with E-state index in [1.807, 2.05) is 0 Å². The highest BCUT2D eigenvalue weighted by atomic mass is 79.9. The SMILES string of the molecule is [O]Cc1cc(Br)cc2c1NC(O)C(O)N2. The van der Waals surface area contributed by atoms with E-state index in [0.29, 0.717) is 16.9 Å². The molecule has 0 amide bonds. The van der Waals surface area contributed by atoms with Crippen molar-refractivity contribution in [3.05, 3.63) is 22.2 Å². The van der Waals surface area contributed by atoms with E-state index >= 15 is 0 Å². The third kappa shape index (κ3) is 1.93. The number of nitrogens with one attached hydrogen (secondary N) is 2. The van der Waals surface area contributed by atoms with E-state index in [2.05, 4.69) is 26.6 Å². The summed E-state index contributed by atoms with van der Waals surface area (Å²) in [5.41, 5.74) is 1.69. The third-order valence-corrected chi connectivity index (χ3v) is 2.69. The summed E-state index contributed by atoms with van der Waals surface area (Å²) in [6, 6.07) is 3.42. The lowest BCUT2D eigenvalue weighted by Crippen LogP contribution is -2.43. The van der Waals surface area contributed by atoms with Crippen LogP contribution in [0.1, 0.15) is 5.56 Å². The zero-order chi connectivity index (χ0) is 11.0. The lowest BCUT2D eigenvalue weighted by atomic mass is 10.1. The molecule has 5 nitrogen and oxygen atoms in total. The molecule has 2 atom stereocenters. The van der Waals surface area contributed by atoms with E-state index in [-0.39, 0.29) is 6.61 Å². The first-order valence-electron chi connectivity index (χ1n) is 4.41. The third-order valence-electron chi connectivity index (χ3n) is 2.23. The van der Waals surface area contributed by atoms with Crippen LogP contribution in [0, 0.1) is 0 Å². The van der Waals surface area contributed by atoms with Crippen LogP contribution in [0.2, 0.25) is 0 Å². The van der Waals surface area contributed by atoms with Crippen LogP contribution in [0.25, 0.3) is 0 Å². The first-order valence-corrected chi connectivity index (χ1v) is 5.21. The first-order chi connectivity index (χ1) is 7.11. The molecule has 1 heterocycles. The summed E-state index contributed by atoms with van der Waals surface area (Å²) in [4.78, 5) is 0. The van der Waals surface area contributed by atoms with Crippen LogP contribution in [-0.4, -0.2) is 22.7 Å². The summed E-state index contributed by atoms with van der Waals surface area (Å²) >= 11 is 3.27. The number of halogens is 1. The molecule has 1 radical (unpaired) electrons. The molecule has 6 heteroatoms. The van der Waals surface area contributed by atoms with Crippen molar-refractivity contribution in [3.63, 3.8) is 0 Å². The summed E-state index contributed by atoms with van der Waals surface area (Å²) in [6.45, 7) is -0.390. The minimum Gasteiger partial charge on any atom is -0.369 e. The van der Waals surface area contributed by atoms with Crippen LogP contribution < -0.4 is 10.6 Å². The molecule has 15 heavy (non-hydrogen) atoms. The highest BCUT2D eigenvalue weighted by molar-refractivity contribution is 9.10. The lowest BCUT2D eigenvalue weighted by Gasteiger charge is -2.30. The van der Waals surface area contributed by atoms with Crippen LogP contribution in [0.3, 0.4) is 0 Å². The van der Waals surface area contributed by atoms with Crippen molar-refractivity contribution in [1.82, 2.24) is 0 Å². The highest BCUT2D eigenvalue weighted by Crippen LogP contribution is 2.34. The minimum absolute atomic E-state index is 0.390. The van der Waals surface area contributed by atoms with Crippen molar-refractivity contribution < 1.29 is 15.3 Å². The van der Waals surface area contributed by atoms with Gasteiger partial charge in [-0.15, -0.1) is 0 Å². The van der Waals surface area contributed by atoms with Gasteiger partial charge in [-0.25, -0.2) is 5.11 Å². The van der Waals surface area contributed by atoms with E-state index in [0.717, 1.165) is 4.47 Å². The number of benzene rings is 1. The number of hydrogen-bond donors (Lipinski definition) is 4. The van der Waals surface area contributed by atoms with Gasteiger partial charge in [-0.1, -0.05) is 15.9 Å². The summed E-state index contributed by atoms with van der Waals surface area (Å²) in [5.74, 6) is 0. The van der Waals surface area contributed by atoms with Gasteiger partial charge < -0.3 is 20.8 Å². The Hall–Kier alpha value is -0.820. The number of fused-ring (bicyclic) bond motifs is 1. The molecule has 0 spiro atoms. The van der Waals surface area contributed by atoms with Gasteiger partial charge in [0.1, 0.15) is 6.61 Å². The van der Waals surface area contributed by atoms with Crippen molar-refractivity contribution in [2.24, 2.45) is 0 Å². The number of anilines is 2. The fraction of sp³-hybridized carbons (Fsp3) is 0.333. The van der Waals surface area contributed by atoms with Gasteiger partial charge in [0.15, 0.2) is 12.5 Å². The molecule has 1 aromatic rings. The molecule has 4 N–H and O–H groups in total. The molecule has 1 aromatic carbocycles. The van der Waals surface area contributed by atoms with E-state index in [9.17, 15) is 15.3 Å². The van der Waals surface area contributed by atoms with E-state index in [4.69, 9.17) is 0 Å². The summed E-state index contributed by atoms with van der Waals surface area (Å²) in [5, 5.41) is 35.0. The second-order valence-electron chi connectivity index (χ2n) is 3.31. The molecule has 0 bridgehead atoms. The minimum atomic E-state index is -1.11. The van der Waals surface area contributed by atoms with Gasteiger partial charge in [-0.2, -0.15) is 0 Å². The number of aliphatic hydroxyl groups is 2. The van der Waals surface area contributed by atoms with Crippen molar-refractivity contribution in [2.45, 2.75) is 19.1 Å². The predicted molar refractivity (Wildman–Crippen MR) is 57.8 cm³/mol. The molecule has 0 fully saturated rings. The van der Waals surface area contributed by atoms with E-state index < -0.39 is 12.5 Å². The second kappa shape index (κ2) is 3.97. The monoisotopic (exact) mass is 273 g/mol. The Balaban J connectivity index is 2.47. The van der Waals surface area contributed by atoms with Crippen LogP contribution >= 0.6 is 15.9 Å². The standard InChI is InChI=1S/C9H10BrN2O3/c10-5-1-4(3-13)7-6(2-5)11-8(14)9(15)12-7/h1-2,8-9,11-12,14-15H,3H2. The predicted octanol–water partition coefficient (Wildman–Crippen LogP) is 0.854. The normalized spacial score (nSPS) is 24.0. The molecule has 2 unspecified atom stereocenters. The zero-order valence-corrected chi connectivity index (χ0v) is 9.28. The molecule has 1 aliphatic rings. The topological polar surface area (TPSA) is 84.4 Å². The van der Waals surface area contributed by atoms with Crippen molar-refractivity contribution in [1.29, 1.82) is 0 Å². The maximum atomic E-state index is 10.9. The average Bonchev–Trinajstić information content (AvgIpc) is 2.19. The Labute approximate surface area is 94.9 Å². The highest BCUT2D eigenvalue weighted by Gasteiger charge is 2.25. The Morgan fingerprint density at radius 3 is 2.60 bits per heavy atom. The largest absolute Gasteiger partial charge is 0.369 e. The Bertz CT molecular complexity index is 386. The molecule has 0 saturated heterocycles. The fourth-order valence-corrected chi connectivity index (χ4v) is 2.03. The van der Waals surface area contributed by atoms with E-state index in [1.54, 1.807) is 12.1 Å². The fourth-order valence-electron chi connectivity index (χ4n) is 1.53. The molecule has 0 saturated carbocycles. The molecular weight excluding hydrogens is 264 g/mol. The maximum Gasteiger partial charge on any atom is 0.169 e. The van der Waals surface area contributed by atoms with Gasteiger partial charge >= 0.3 is 0 Å². The summed E-state index contributed by atoms with van der Waals surface area (Å²) in [6.07, 6.45) is -2.18. The van der Waals surface area contributed by atoms with Crippen LogP contribution in [0.5, 0.6) is 0 Å². The van der Waals surface area contributed by atoms with Crippen LogP contribution in [0.15, 0.2) is 16.6 Å². The summed E-state index contributed by atoms with van der Waals surface area (Å²) in [7, 11) is 0.